The summed E-state index contributed by atoms with van der Waals surface area (Å²) in [5.74, 6) is 2.56. The summed E-state index contributed by atoms with van der Waals surface area (Å²) in [5.41, 5.74) is 5.92. The number of carbonyl (C=O) groups is 1. The molecule has 3 heteroatoms. The van der Waals surface area contributed by atoms with Crippen LogP contribution in [-0.4, -0.2) is 18.0 Å². The van der Waals surface area contributed by atoms with Crippen molar-refractivity contribution in [1.82, 2.24) is 5.32 Å². The van der Waals surface area contributed by atoms with Gasteiger partial charge in [0.05, 0.1) is 0 Å². The van der Waals surface area contributed by atoms with Gasteiger partial charge in [0.15, 0.2) is 0 Å². The van der Waals surface area contributed by atoms with Gasteiger partial charge in [0.2, 0.25) is 5.91 Å². The Morgan fingerprint density at radius 1 is 1.05 bits per heavy atom. The highest BCUT2D eigenvalue weighted by atomic mass is 16.1. The molecule has 1 amide bonds. The van der Waals surface area contributed by atoms with Crippen molar-refractivity contribution < 1.29 is 4.79 Å². The molecule has 116 valence electrons. The first-order valence-corrected chi connectivity index (χ1v) is 8.59. The molecule has 3 nitrogen and oxygen atoms in total. The molecule has 3 N–H and O–H groups in total. The second-order valence-electron chi connectivity index (χ2n) is 7.35. The van der Waals surface area contributed by atoms with Crippen LogP contribution in [0.3, 0.4) is 0 Å². The first kappa shape index (κ1) is 15.8. The number of rotatable bonds is 4. The van der Waals surface area contributed by atoms with Crippen LogP contribution in [0.15, 0.2) is 0 Å². The number of hydrogen-bond donors (Lipinski definition) is 2. The van der Waals surface area contributed by atoms with Crippen molar-refractivity contribution in [3.63, 3.8) is 0 Å². The largest absolute Gasteiger partial charge is 0.353 e. The zero-order valence-electron chi connectivity index (χ0n) is 13.2. The SMILES string of the molecule is CC1CCC(NC(=O)CCC2CCC(N)CC2)CC1C. The molecule has 2 saturated carbocycles. The third kappa shape index (κ3) is 4.76. The molecule has 2 rings (SSSR count). The van der Waals surface area contributed by atoms with Crippen molar-refractivity contribution in [2.24, 2.45) is 23.5 Å². The quantitative estimate of drug-likeness (QED) is 0.830. The molecule has 0 bridgehead atoms. The van der Waals surface area contributed by atoms with E-state index in [0.29, 0.717) is 18.5 Å². The second-order valence-corrected chi connectivity index (χ2v) is 7.35. The molecule has 3 unspecified atom stereocenters. The van der Waals surface area contributed by atoms with Crippen molar-refractivity contribution in [3.8, 4) is 0 Å². The standard InChI is InChI=1S/C17H32N2O/c1-12-3-9-16(11-13(12)2)19-17(20)10-6-14-4-7-15(18)8-5-14/h12-16H,3-11,18H2,1-2H3,(H,19,20). The van der Waals surface area contributed by atoms with Crippen LogP contribution in [0.4, 0.5) is 0 Å². The van der Waals surface area contributed by atoms with Gasteiger partial charge in [-0.3, -0.25) is 4.79 Å². The summed E-state index contributed by atoms with van der Waals surface area (Å²) in [7, 11) is 0. The highest BCUT2D eigenvalue weighted by Gasteiger charge is 2.26. The molecule has 0 radical (unpaired) electrons. The molecule has 3 atom stereocenters. The van der Waals surface area contributed by atoms with Crippen molar-refractivity contribution in [2.45, 2.75) is 83.7 Å². The average Bonchev–Trinajstić information content (AvgIpc) is 2.42. The molecule has 2 fully saturated rings. The minimum Gasteiger partial charge on any atom is -0.353 e. The highest BCUT2D eigenvalue weighted by Crippen LogP contribution is 2.30. The zero-order chi connectivity index (χ0) is 14.5. The minimum atomic E-state index is 0.270. The monoisotopic (exact) mass is 280 g/mol. The Balaban J connectivity index is 1.63. The molecular formula is C17H32N2O. The molecular weight excluding hydrogens is 248 g/mol. The summed E-state index contributed by atoms with van der Waals surface area (Å²) < 4.78 is 0. The summed E-state index contributed by atoms with van der Waals surface area (Å²) in [4.78, 5) is 12.1. The van der Waals surface area contributed by atoms with Gasteiger partial charge >= 0.3 is 0 Å². The first-order chi connectivity index (χ1) is 9.54. The molecule has 0 aromatic carbocycles. The van der Waals surface area contributed by atoms with Crippen LogP contribution in [0, 0.1) is 17.8 Å². The predicted octanol–water partition coefficient (Wildman–Crippen LogP) is 3.23. The molecule has 20 heavy (non-hydrogen) atoms. The number of nitrogens with two attached hydrogens (primary N) is 1. The Hall–Kier alpha value is -0.570. The number of hydrogen-bond acceptors (Lipinski definition) is 2. The van der Waals surface area contributed by atoms with Gasteiger partial charge in [-0.1, -0.05) is 13.8 Å². The molecule has 0 aliphatic heterocycles. The van der Waals surface area contributed by atoms with Crippen molar-refractivity contribution in [2.75, 3.05) is 0 Å². The van der Waals surface area contributed by atoms with Crippen LogP contribution in [-0.2, 0) is 4.79 Å². The van der Waals surface area contributed by atoms with Crippen LogP contribution >= 0.6 is 0 Å². The van der Waals surface area contributed by atoms with Gasteiger partial charge in [-0.05, 0) is 69.1 Å². The van der Waals surface area contributed by atoms with E-state index in [1.54, 1.807) is 0 Å². The average molecular weight is 280 g/mol. The van der Waals surface area contributed by atoms with Gasteiger partial charge in [-0.2, -0.15) is 0 Å². The minimum absolute atomic E-state index is 0.270. The van der Waals surface area contributed by atoms with Gasteiger partial charge in [0.1, 0.15) is 0 Å². The lowest BCUT2D eigenvalue weighted by Crippen LogP contribution is -2.40. The van der Waals surface area contributed by atoms with Crippen molar-refractivity contribution >= 4 is 5.91 Å². The Morgan fingerprint density at radius 2 is 1.75 bits per heavy atom. The molecule has 2 aliphatic rings. The lowest BCUT2D eigenvalue weighted by molar-refractivity contribution is -0.122. The molecule has 0 heterocycles. The van der Waals surface area contributed by atoms with E-state index in [4.69, 9.17) is 5.73 Å². The van der Waals surface area contributed by atoms with E-state index in [1.807, 2.05) is 0 Å². The van der Waals surface area contributed by atoms with Crippen LogP contribution < -0.4 is 11.1 Å². The summed E-state index contributed by atoms with van der Waals surface area (Å²) in [6.45, 7) is 4.64. The van der Waals surface area contributed by atoms with E-state index in [2.05, 4.69) is 19.2 Å². The van der Waals surface area contributed by atoms with E-state index in [1.165, 1.54) is 19.3 Å². The normalized spacial score (nSPS) is 38.5. The summed E-state index contributed by atoms with van der Waals surface area (Å²) in [6.07, 6.45) is 10.1. The Kier molecular flexibility index (Phi) is 5.88. The van der Waals surface area contributed by atoms with Crippen LogP contribution in [0.25, 0.3) is 0 Å². The van der Waals surface area contributed by atoms with Gasteiger partial charge in [0.25, 0.3) is 0 Å². The summed E-state index contributed by atoms with van der Waals surface area (Å²) in [5, 5.41) is 3.25. The lowest BCUT2D eigenvalue weighted by atomic mass is 9.79. The van der Waals surface area contributed by atoms with E-state index in [0.717, 1.165) is 49.9 Å². The topological polar surface area (TPSA) is 55.1 Å². The van der Waals surface area contributed by atoms with E-state index < -0.39 is 0 Å². The van der Waals surface area contributed by atoms with Gasteiger partial charge in [0, 0.05) is 18.5 Å². The summed E-state index contributed by atoms with van der Waals surface area (Å²) in [6, 6.07) is 0.833. The predicted molar refractivity (Wildman–Crippen MR) is 83.3 cm³/mol. The van der Waals surface area contributed by atoms with Gasteiger partial charge < -0.3 is 11.1 Å². The first-order valence-electron chi connectivity index (χ1n) is 8.59. The van der Waals surface area contributed by atoms with E-state index in [-0.39, 0.29) is 5.91 Å². The number of amides is 1. The summed E-state index contributed by atoms with van der Waals surface area (Å²) >= 11 is 0. The van der Waals surface area contributed by atoms with Gasteiger partial charge in [-0.25, -0.2) is 0 Å². The third-order valence-electron chi connectivity index (χ3n) is 5.63. The lowest BCUT2D eigenvalue weighted by Gasteiger charge is -2.32. The van der Waals surface area contributed by atoms with Crippen LogP contribution in [0.2, 0.25) is 0 Å². The Bertz CT molecular complexity index is 310. The Morgan fingerprint density at radius 3 is 2.40 bits per heavy atom. The number of carbonyl (C=O) groups excluding carboxylic acids is 1. The molecule has 0 aromatic rings. The second kappa shape index (κ2) is 7.44. The Labute approximate surface area is 124 Å². The van der Waals surface area contributed by atoms with Crippen molar-refractivity contribution in [3.05, 3.63) is 0 Å². The zero-order valence-corrected chi connectivity index (χ0v) is 13.2. The molecule has 2 aliphatic carbocycles. The van der Waals surface area contributed by atoms with Gasteiger partial charge in [-0.15, -0.1) is 0 Å². The number of nitrogens with one attached hydrogen (secondary N) is 1. The smallest absolute Gasteiger partial charge is 0.220 e. The fourth-order valence-electron chi connectivity index (χ4n) is 3.79. The maximum Gasteiger partial charge on any atom is 0.220 e. The van der Waals surface area contributed by atoms with Crippen LogP contribution in [0.5, 0.6) is 0 Å². The van der Waals surface area contributed by atoms with E-state index in [9.17, 15) is 4.79 Å². The molecule has 0 spiro atoms. The fraction of sp³-hybridized carbons (Fsp3) is 0.941. The van der Waals surface area contributed by atoms with Crippen molar-refractivity contribution in [1.29, 1.82) is 0 Å². The van der Waals surface area contributed by atoms with E-state index >= 15 is 0 Å². The third-order valence-corrected chi connectivity index (χ3v) is 5.63. The molecule has 0 saturated heterocycles. The fourth-order valence-corrected chi connectivity index (χ4v) is 3.79. The van der Waals surface area contributed by atoms with Crippen LogP contribution in [0.1, 0.15) is 71.6 Å². The maximum atomic E-state index is 12.1. The molecule has 0 aromatic heterocycles. The highest BCUT2D eigenvalue weighted by molar-refractivity contribution is 5.76. The maximum absolute atomic E-state index is 12.1.